The molecule has 1 rings (SSSR count). The van der Waals surface area contributed by atoms with Crippen molar-refractivity contribution in [1.29, 1.82) is 0 Å². The SMILES string of the molecule is CNC(=O)N[C@@H](C(=O)O)c1ccccc1Cl. The number of carboxylic acids is 1. The zero-order valence-corrected chi connectivity index (χ0v) is 9.28. The van der Waals surface area contributed by atoms with Crippen molar-refractivity contribution in [2.24, 2.45) is 0 Å². The smallest absolute Gasteiger partial charge is 0.331 e. The highest BCUT2D eigenvalue weighted by Gasteiger charge is 2.23. The Kier molecular flexibility index (Phi) is 4.13. The number of nitrogens with one attached hydrogen (secondary N) is 2. The second kappa shape index (κ2) is 5.37. The van der Waals surface area contributed by atoms with Crippen LogP contribution in [0.3, 0.4) is 0 Å². The molecule has 0 saturated carbocycles. The summed E-state index contributed by atoms with van der Waals surface area (Å²) in [5, 5.41) is 13.9. The molecule has 1 aromatic rings. The molecule has 0 fully saturated rings. The molecule has 6 heteroatoms. The number of aliphatic carboxylic acids is 1. The van der Waals surface area contributed by atoms with E-state index in [1.165, 1.54) is 7.05 Å². The van der Waals surface area contributed by atoms with Crippen molar-refractivity contribution in [3.8, 4) is 0 Å². The zero-order chi connectivity index (χ0) is 12.1. The Morgan fingerprint density at radius 2 is 2.00 bits per heavy atom. The maximum Gasteiger partial charge on any atom is 0.331 e. The molecule has 0 radical (unpaired) electrons. The molecule has 0 unspecified atom stereocenters. The lowest BCUT2D eigenvalue weighted by atomic mass is 10.1. The van der Waals surface area contributed by atoms with Gasteiger partial charge in [-0.05, 0) is 6.07 Å². The number of halogens is 1. The third-order valence-electron chi connectivity index (χ3n) is 1.97. The number of amides is 2. The molecule has 0 aromatic heterocycles. The molecule has 0 heterocycles. The van der Waals surface area contributed by atoms with Gasteiger partial charge >= 0.3 is 12.0 Å². The largest absolute Gasteiger partial charge is 0.479 e. The Balaban J connectivity index is 2.99. The van der Waals surface area contributed by atoms with Crippen LogP contribution in [0.25, 0.3) is 0 Å². The minimum Gasteiger partial charge on any atom is -0.479 e. The Morgan fingerprint density at radius 1 is 1.38 bits per heavy atom. The Bertz CT molecular complexity index is 409. The fraction of sp³-hybridized carbons (Fsp3) is 0.200. The van der Waals surface area contributed by atoms with Crippen LogP contribution in [0, 0.1) is 0 Å². The quantitative estimate of drug-likeness (QED) is 0.750. The second-order valence-electron chi connectivity index (χ2n) is 3.02. The third kappa shape index (κ3) is 2.87. The van der Waals surface area contributed by atoms with Gasteiger partial charge in [0.05, 0.1) is 0 Å². The van der Waals surface area contributed by atoms with Crippen molar-refractivity contribution in [3.63, 3.8) is 0 Å². The van der Waals surface area contributed by atoms with E-state index in [1.807, 2.05) is 0 Å². The van der Waals surface area contributed by atoms with Crippen LogP contribution in [-0.4, -0.2) is 24.2 Å². The molecule has 0 spiro atoms. The van der Waals surface area contributed by atoms with Crippen molar-refractivity contribution >= 4 is 23.6 Å². The predicted molar refractivity (Wildman–Crippen MR) is 59.4 cm³/mol. The number of benzene rings is 1. The first-order chi connectivity index (χ1) is 7.56. The van der Waals surface area contributed by atoms with Gasteiger partial charge in [-0.15, -0.1) is 0 Å². The first-order valence-corrected chi connectivity index (χ1v) is 4.89. The number of hydrogen-bond acceptors (Lipinski definition) is 2. The summed E-state index contributed by atoms with van der Waals surface area (Å²) in [5.74, 6) is -1.17. The third-order valence-corrected chi connectivity index (χ3v) is 2.31. The average Bonchev–Trinajstić information content (AvgIpc) is 2.26. The van der Waals surface area contributed by atoms with Gasteiger partial charge in [0.15, 0.2) is 6.04 Å². The summed E-state index contributed by atoms with van der Waals surface area (Å²) in [6.45, 7) is 0. The molecule has 0 saturated heterocycles. The zero-order valence-electron chi connectivity index (χ0n) is 8.53. The van der Waals surface area contributed by atoms with Crippen LogP contribution >= 0.6 is 11.6 Å². The molecule has 5 nitrogen and oxygen atoms in total. The van der Waals surface area contributed by atoms with E-state index in [1.54, 1.807) is 24.3 Å². The fourth-order valence-electron chi connectivity index (χ4n) is 1.18. The van der Waals surface area contributed by atoms with Gasteiger partial charge in [-0.25, -0.2) is 9.59 Å². The van der Waals surface area contributed by atoms with E-state index in [9.17, 15) is 9.59 Å². The number of carboxylic acid groups (broad SMARTS) is 1. The molecule has 16 heavy (non-hydrogen) atoms. The van der Waals surface area contributed by atoms with Gasteiger partial charge in [0.1, 0.15) is 0 Å². The summed E-state index contributed by atoms with van der Waals surface area (Å²) < 4.78 is 0. The van der Waals surface area contributed by atoms with Gasteiger partial charge in [0.25, 0.3) is 0 Å². The van der Waals surface area contributed by atoms with Gasteiger partial charge in [-0.1, -0.05) is 29.8 Å². The average molecular weight is 243 g/mol. The highest BCUT2D eigenvalue weighted by Crippen LogP contribution is 2.22. The Morgan fingerprint density at radius 3 is 2.50 bits per heavy atom. The van der Waals surface area contributed by atoms with Crippen LogP contribution in [0.4, 0.5) is 4.79 Å². The van der Waals surface area contributed by atoms with E-state index in [0.717, 1.165) is 0 Å². The van der Waals surface area contributed by atoms with Crippen LogP contribution in [-0.2, 0) is 4.79 Å². The van der Waals surface area contributed by atoms with E-state index < -0.39 is 18.0 Å². The first-order valence-electron chi connectivity index (χ1n) is 4.51. The van der Waals surface area contributed by atoms with Crippen LogP contribution < -0.4 is 10.6 Å². The summed E-state index contributed by atoms with van der Waals surface area (Å²) in [4.78, 5) is 22.1. The fourth-order valence-corrected chi connectivity index (χ4v) is 1.43. The molecule has 86 valence electrons. The van der Waals surface area contributed by atoms with Gasteiger partial charge in [-0.3, -0.25) is 0 Å². The lowest BCUT2D eigenvalue weighted by Gasteiger charge is -2.15. The monoisotopic (exact) mass is 242 g/mol. The standard InChI is InChI=1S/C10H11ClN2O3/c1-12-10(16)13-8(9(14)15)6-4-2-3-5-7(6)11/h2-5,8H,1H3,(H,14,15)(H2,12,13,16)/t8-/m1/s1. The normalized spacial score (nSPS) is 11.6. The Hall–Kier alpha value is -1.75. The van der Waals surface area contributed by atoms with Crippen molar-refractivity contribution in [1.82, 2.24) is 10.6 Å². The maximum absolute atomic E-state index is 11.1. The highest BCUT2D eigenvalue weighted by molar-refractivity contribution is 6.31. The molecule has 1 atom stereocenters. The number of rotatable bonds is 3. The van der Waals surface area contributed by atoms with Crippen LogP contribution in [0.5, 0.6) is 0 Å². The van der Waals surface area contributed by atoms with Crippen molar-refractivity contribution in [2.45, 2.75) is 6.04 Å². The molecule has 1 aromatic carbocycles. The molecule has 3 N–H and O–H groups in total. The summed E-state index contributed by atoms with van der Waals surface area (Å²) in [7, 11) is 1.40. The van der Waals surface area contributed by atoms with E-state index in [0.29, 0.717) is 10.6 Å². The van der Waals surface area contributed by atoms with E-state index in [4.69, 9.17) is 16.7 Å². The van der Waals surface area contributed by atoms with Crippen molar-refractivity contribution in [3.05, 3.63) is 34.9 Å². The van der Waals surface area contributed by atoms with Gasteiger partial charge in [0.2, 0.25) is 0 Å². The number of carbonyl (C=O) groups is 2. The molecule has 0 aliphatic rings. The second-order valence-corrected chi connectivity index (χ2v) is 3.42. The van der Waals surface area contributed by atoms with Crippen LogP contribution in [0.2, 0.25) is 5.02 Å². The maximum atomic E-state index is 11.1. The van der Waals surface area contributed by atoms with Gasteiger partial charge < -0.3 is 15.7 Å². The molecule has 0 aliphatic heterocycles. The molecule has 0 bridgehead atoms. The van der Waals surface area contributed by atoms with E-state index >= 15 is 0 Å². The molecular formula is C10H11ClN2O3. The van der Waals surface area contributed by atoms with Crippen LogP contribution in [0.1, 0.15) is 11.6 Å². The number of carbonyl (C=O) groups excluding carboxylic acids is 1. The summed E-state index contributed by atoms with van der Waals surface area (Å²) in [5.41, 5.74) is 0.347. The van der Waals surface area contributed by atoms with Crippen molar-refractivity contribution < 1.29 is 14.7 Å². The van der Waals surface area contributed by atoms with Gasteiger partial charge in [0, 0.05) is 17.6 Å². The van der Waals surface area contributed by atoms with Gasteiger partial charge in [-0.2, -0.15) is 0 Å². The summed E-state index contributed by atoms with van der Waals surface area (Å²) >= 11 is 5.85. The Labute approximate surface area is 97.4 Å². The predicted octanol–water partition coefficient (Wildman–Crippen LogP) is 1.39. The lowest BCUT2D eigenvalue weighted by Crippen LogP contribution is -2.39. The van der Waals surface area contributed by atoms with E-state index in [2.05, 4.69) is 10.6 Å². The van der Waals surface area contributed by atoms with Crippen LogP contribution in [0.15, 0.2) is 24.3 Å². The number of hydrogen-bond donors (Lipinski definition) is 3. The van der Waals surface area contributed by atoms with Crippen molar-refractivity contribution in [2.75, 3.05) is 7.05 Å². The summed E-state index contributed by atoms with van der Waals surface area (Å²) in [6.07, 6.45) is 0. The summed E-state index contributed by atoms with van der Waals surface area (Å²) in [6, 6.07) is 4.73. The minimum atomic E-state index is -1.17. The molecule has 0 aliphatic carbocycles. The highest BCUT2D eigenvalue weighted by atomic mass is 35.5. The minimum absolute atomic E-state index is 0.298. The first kappa shape index (κ1) is 12.3. The molecular weight excluding hydrogens is 232 g/mol. The molecule has 2 amide bonds. The topological polar surface area (TPSA) is 78.4 Å². The van der Waals surface area contributed by atoms with E-state index in [-0.39, 0.29) is 0 Å². The number of urea groups is 1. The lowest BCUT2D eigenvalue weighted by molar-refractivity contribution is -0.139.